The van der Waals surface area contributed by atoms with Gasteiger partial charge in [-0.25, -0.2) is 0 Å². The van der Waals surface area contributed by atoms with Gasteiger partial charge in [0.2, 0.25) is 0 Å². The van der Waals surface area contributed by atoms with E-state index in [0.717, 1.165) is 4.47 Å². The molecular formula is C10H9BrO2. The van der Waals surface area contributed by atoms with Crippen molar-refractivity contribution in [3.8, 4) is 0 Å². The van der Waals surface area contributed by atoms with Crippen molar-refractivity contribution in [2.45, 2.75) is 6.92 Å². The first-order chi connectivity index (χ1) is 6.09. The van der Waals surface area contributed by atoms with Crippen molar-refractivity contribution in [2.75, 3.05) is 0 Å². The fraction of sp³-hybridized carbons (Fsp3) is 0.100. The van der Waals surface area contributed by atoms with Gasteiger partial charge in [-0.2, -0.15) is 0 Å². The molecular weight excluding hydrogens is 232 g/mol. The standard InChI is InChI=1S/C10H9BrO2/c1-7(12)6-10(13)8-2-4-9(11)5-3-8/h2-6,13H,1H3. The van der Waals surface area contributed by atoms with Gasteiger partial charge in [-0.3, -0.25) is 4.79 Å². The Balaban J connectivity index is 2.96. The van der Waals surface area contributed by atoms with E-state index in [4.69, 9.17) is 0 Å². The number of carbonyl (C=O) groups is 1. The average Bonchev–Trinajstić information content (AvgIpc) is 2.04. The van der Waals surface area contributed by atoms with Crippen molar-refractivity contribution in [2.24, 2.45) is 0 Å². The fourth-order valence-electron chi connectivity index (χ4n) is 0.897. The molecule has 1 aromatic carbocycles. The highest BCUT2D eigenvalue weighted by atomic mass is 79.9. The van der Waals surface area contributed by atoms with E-state index in [9.17, 15) is 9.90 Å². The number of ketones is 1. The van der Waals surface area contributed by atoms with Crippen LogP contribution in [0.4, 0.5) is 0 Å². The first-order valence-electron chi connectivity index (χ1n) is 3.77. The number of halogens is 1. The maximum atomic E-state index is 10.6. The monoisotopic (exact) mass is 240 g/mol. The zero-order valence-electron chi connectivity index (χ0n) is 7.12. The minimum atomic E-state index is -0.166. The van der Waals surface area contributed by atoms with Gasteiger partial charge in [-0.05, 0) is 19.1 Å². The zero-order chi connectivity index (χ0) is 9.84. The van der Waals surface area contributed by atoms with Crippen molar-refractivity contribution < 1.29 is 9.90 Å². The van der Waals surface area contributed by atoms with E-state index in [0.29, 0.717) is 5.56 Å². The second-order valence-corrected chi connectivity index (χ2v) is 3.56. The molecule has 0 radical (unpaired) electrons. The smallest absolute Gasteiger partial charge is 0.156 e. The van der Waals surface area contributed by atoms with Crippen LogP contribution >= 0.6 is 15.9 Å². The summed E-state index contributed by atoms with van der Waals surface area (Å²) in [5, 5.41) is 9.41. The number of allylic oxidation sites excluding steroid dienone is 1. The number of aliphatic hydroxyl groups excluding tert-OH is 1. The Morgan fingerprint density at radius 3 is 2.38 bits per heavy atom. The Labute approximate surface area is 85.0 Å². The third-order valence-electron chi connectivity index (χ3n) is 1.48. The summed E-state index contributed by atoms with van der Waals surface area (Å²) >= 11 is 3.28. The number of hydrogen-bond acceptors (Lipinski definition) is 2. The van der Waals surface area contributed by atoms with Gasteiger partial charge in [-0.1, -0.05) is 28.1 Å². The largest absolute Gasteiger partial charge is 0.507 e. The van der Waals surface area contributed by atoms with Gasteiger partial charge >= 0.3 is 0 Å². The van der Waals surface area contributed by atoms with Crippen LogP contribution in [0.1, 0.15) is 12.5 Å². The molecule has 2 nitrogen and oxygen atoms in total. The maximum absolute atomic E-state index is 10.6. The molecule has 0 spiro atoms. The van der Waals surface area contributed by atoms with Crippen molar-refractivity contribution >= 4 is 27.5 Å². The third kappa shape index (κ3) is 3.03. The van der Waals surface area contributed by atoms with Crippen molar-refractivity contribution in [1.29, 1.82) is 0 Å². The van der Waals surface area contributed by atoms with Crippen LogP contribution in [-0.4, -0.2) is 10.9 Å². The second kappa shape index (κ2) is 4.23. The summed E-state index contributed by atoms with van der Waals surface area (Å²) in [5.74, 6) is -0.166. The lowest BCUT2D eigenvalue weighted by Gasteiger charge is -1.98. The molecule has 1 rings (SSSR count). The predicted octanol–water partition coefficient (Wildman–Crippen LogP) is 2.94. The Hall–Kier alpha value is -1.09. The van der Waals surface area contributed by atoms with Crippen LogP contribution in [0.15, 0.2) is 34.8 Å². The van der Waals surface area contributed by atoms with Crippen molar-refractivity contribution in [3.05, 3.63) is 40.4 Å². The quantitative estimate of drug-likeness (QED) is 0.638. The van der Waals surface area contributed by atoms with Gasteiger partial charge in [-0.15, -0.1) is 0 Å². The van der Waals surface area contributed by atoms with E-state index in [1.54, 1.807) is 24.3 Å². The molecule has 68 valence electrons. The summed E-state index contributed by atoms with van der Waals surface area (Å²) in [5.41, 5.74) is 0.637. The summed E-state index contributed by atoms with van der Waals surface area (Å²) in [4.78, 5) is 10.6. The highest BCUT2D eigenvalue weighted by molar-refractivity contribution is 9.10. The molecule has 0 amide bonds. The minimum absolute atomic E-state index is 0.000000000000000444. The van der Waals surface area contributed by atoms with E-state index >= 15 is 0 Å². The van der Waals surface area contributed by atoms with E-state index in [1.165, 1.54) is 13.0 Å². The lowest BCUT2D eigenvalue weighted by atomic mass is 10.1. The topological polar surface area (TPSA) is 37.3 Å². The van der Waals surface area contributed by atoms with Gasteiger partial charge in [0, 0.05) is 16.1 Å². The molecule has 0 saturated carbocycles. The Morgan fingerprint density at radius 1 is 1.38 bits per heavy atom. The zero-order valence-corrected chi connectivity index (χ0v) is 8.71. The minimum Gasteiger partial charge on any atom is -0.507 e. The van der Waals surface area contributed by atoms with E-state index in [1.807, 2.05) is 0 Å². The molecule has 0 unspecified atom stereocenters. The summed E-state index contributed by atoms with van der Waals surface area (Å²) < 4.78 is 0.937. The van der Waals surface area contributed by atoms with Crippen LogP contribution in [0, 0.1) is 0 Å². The Kier molecular flexibility index (Phi) is 3.25. The SMILES string of the molecule is CC(=O)C=C(O)c1ccc(Br)cc1. The second-order valence-electron chi connectivity index (χ2n) is 2.65. The summed E-state index contributed by atoms with van der Waals surface area (Å²) in [7, 11) is 0. The van der Waals surface area contributed by atoms with Gasteiger partial charge in [0.1, 0.15) is 5.76 Å². The lowest BCUT2D eigenvalue weighted by Crippen LogP contribution is -1.88. The van der Waals surface area contributed by atoms with E-state index < -0.39 is 0 Å². The molecule has 0 atom stereocenters. The lowest BCUT2D eigenvalue weighted by molar-refractivity contribution is -0.112. The molecule has 0 bridgehead atoms. The number of benzene rings is 1. The molecule has 0 fully saturated rings. The Bertz CT molecular complexity index is 338. The maximum Gasteiger partial charge on any atom is 0.156 e. The van der Waals surface area contributed by atoms with Crippen molar-refractivity contribution in [1.82, 2.24) is 0 Å². The molecule has 1 aromatic rings. The number of aliphatic hydroxyl groups is 1. The van der Waals surface area contributed by atoms with Gasteiger partial charge in [0.25, 0.3) is 0 Å². The molecule has 0 saturated heterocycles. The molecule has 1 N–H and O–H groups in total. The molecule has 0 aliphatic heterocycles. The molecule has 0 aliphatic rings. The highest BCUT2D eigenvalue weighted by Crippen LogP contribution is 2.15. The molecule has 3 heteroatoms. The normalized spacial score (nSPS) is 11.4. The average molecular weight is 241 g/mol. The van der Waals surface area contributed by atoms with Crippen molar-refractivity contribution in [3.63, 3.8) is 0 Å². The number of carbonyl (C=O) groups excluding carboxylic acids is 1. The van der Waals surface area contributed by atoms with Crippen LogP contribution in [0.2, 0.25) is 0 Å². The van der Waals surface area contributed by atoms with Gasteiger partial charge < -0.3 is 5.11 Å². The fourth-order valence-corrected chi connectivity index (χ4v) is 1.16. The van der Waals surface area contributed by atoms with Crippen LogP contribution in [0.25, 0.3) is 5.76 Å². The Morgan fingerprint density at radius 2 is 1.92 bits per heavy atom. The molecule has 0 aliphatic carbocycles. The first-order valence-corrected chi connectivity index (χ1v) is 4.56. The predicted molar refractivity (Wildman–Crippen MR) is 55.4 cm³/mol. The van der Waals surface area contributed by atoms with Crippen LogP contribution in [0.3, 0.4) is 0 Å². The summed E-state index contributed by atoms with van der Waals surface area (Å²) in [6.07, 6.45) is 1.20. The van der Waals surface area contributed by atoms with Crippen LogP contribution in [0.5, 0.6) is 0 Å². The first kappa shape index (κ1) is 9.99. The summed E-state index contributed by atoms with van der Waals surface area (Å²) in [6, 6.07) is 7.08. The van der Waals surface area contributed by atoms with E-state index in [-0.39, 0.29) is 11.5 Å². The highest BCUT2D eigenvalue weighted by Gasteiger charge is 1.99. The van der Waals surface area contributed by atoms with Gasteiger partial charge in [0.05, 0.1) is 0 Å². The number of hydrogen-bond donors (Lipinski definition) is 1. The third-order valence-corrected chi connectivity index (χ3v) is 2.01. The summed E-state index contributed by atoms with van der Waals surface area (Å²) in [6.45, 7) is 1.40. The van der Waals surface area contributed by atoms with Gasteiger partial charge in [0.15, 0.2) is 5.78 Å². The molecule has 0 heterocycles. The number of rotatable bonds is 2. The van der Waals surface area contributed by atoms with Crippen LogP contribution < -0.4 is 0 Å². The molecule has 13 heavy (non-hydrogen) atoms. The molecule has 0 aromatic heterocycles. The van der Waals surface area contributed by atoms with E-state index in [2.05, 4.69) is 15.9 Å². The van der Waals surface area contributed by atoms with Crippen LogP contribution in [-0.2, 0) is 4.79 Å².